The molecule has 1 aromatic heterocycles. The van der Waals surface area contributed by atoms with Crippen LogP contribution in [0.25, 0.3) is 10.9 Å². The Morgan fingerprint density at radius 3 is 2.95 bits per heavy atom. The second-order valence-electron chi connectivity index (χ2n) is 4.90. The summed E-state index contributed by atoms with van der Waals surface area (Å²) in [7, 11) is 0. The molecule has 1 unspecified atom stereocenters. The number of nitrogens with zero attached hydrogens (tertiary/aromatic N) is 1. The first-order valence-electron chi connectivity index (χ1n) is 6.30. The molecule has 2 N–H and O–H groups in total. The largest absolute Gasteiger partial charge is 0.323 e. The van der Waals surface area contributed by atoms with Crippen molar-refractivity contribution in [3.8, 4) is 0 Å². The third-order valence-electron chi connectivity index (χ3n) is 3.28. The van der Waals surface area contributed by atoms with Crippen molar-refractivity contribution >= 4 is 22.5 Å². The maximum Gasteiger partial charge on any atom is 0.262 e. The van der Waals surface area contributed by atoms with Crippen LogP contribution in [0.4, 0.5) is 14.5 Å². The molecule has 1 saturated heterocycles. The van der Waals surface area contributed by atoms with Crippen LogP contribution in [0.15, 0.2) is 36.5 Å². The van der Waals surface area contributed by atoms with Crippen LogP contribution in [0.1, 0.15) is 6.42 Å². The highest BCUT2D eigenvalue weighted by Crippen LogP contribution is 2.26. The number of carbonyl (C=O) groups is 1. The summed E-state index contributed by atoms with van der Waals surface area (Å²) in [5, 5.41) is 6.02. The first-order chi connectivity index (χ1) is 9.53. The summed E-state index contributed by atoms with van der Waals surface area (Å²) >= 11 is 0. The quantitative estimate of drug-likeness (QED) is 0.884. The summed E-state index contributed by atoms with van der Waals surface area (Å²) in [4.78, 5) is 16.1. The van der Waals surface area contributed by atoms with Crippen molar-refractivity contribution in [2.45, 2.75) is 18.4 Å². The van der Waals surface area contributed by atoms with Crippen molar-refractivity contribution in [2.24, 2.45) is 0 Å². The number of halogens is 2. The molecule has 104 valence electrons. The molecule has 1 amide bonds. The highest BCUT2D eigenvalue weighted by Gasteiger charge is 2.42. The molecule has 6 heteroatoms. The molecule has 1 aromatic carbocycles. The van der Waals surface area contributed by atoms with Gasteiger partial charge in [-0.05, 0) is 12.1 Å². The van der Waals surface area contributed by atoms with E-state index in [0.717, 1.165) is 10.9 Å². The minimum Gasteiger partial charge on any atom is -0.323 e. The average molecular weight is 277 g/mol. The molecular weight excluding hydrogens is 264 g/mol. The van der Waals surface area contributed by atoms with Crippen LogP contribution >= 0.6 is 0 Å². The van der Waals surface area contributed by atoms with Crippen molar-refractivity contribution in [2.75, 3.05) is 11.9 Å². The van der Waals surface area contributed by atoms with E-state index in [2.05, 4.69) is 15.6 Å². The van der Waals surface area contributed by atoms with Gasteiger partial charge in [0.05, 0.1) is 30.0 Å². The Labute approximate surface area is 114 Å². The Morgan fingerprint density at radius 2 is 2.20 bits per heavy atom. The zero-order valence-corrected chi connectivity index (χ0v) is 10.6. The second-order valence-corrected chi connectivity index (χ2v) is 4.90. The number of pyridine rings is 1. The van der Waals surface area contributed by atoms with Gasteiger partial charge in [0.1, 0.15) is 0 Å². The molecular formula is C14H13F2N3O. The minimum absolute atomic E-state index is 0.457. The first kappa shape index (κ1) is 12.9. The van der Waals surface area contributed by atoms with Gasteiger partial charge in [0.2, 0.25) is 5.91 Å². The van der Waals surface area contributed by atoms with E-state index >= 15 is 0 Å². The van der Waals surface area contributed by atoms with Gasteiger partial charge in [0.15, 0.2) is 0 Å². The molecule has 1 aliphatic rings. The molecule has 1 aliphatic heterocycles. The van der Waals surface area contributed by atoms with Crippen molar-refractivity contribution in [1.29, 1.82) is 0 Å². The lowest BCUT2D eigenvalue weighted by atomic mass is 10.1. The third-order valence-corrected chi connectivity index (χ3v) is 3.28. The lowest BCUT2D eigenvalue weighted by Crippen LogP contribution is -2.35. The summed E-state index contributed by atoms with van der Waals surface area (Å²) in [6, 6.07) is 8.39. The van der Waals surface area contributed by atoms with E-state index in [1.54, 1.807) is 6.07 Å². The number of fused-ring (bicyclic) bond motifs is 1. The highest BCUT2D eigenvalue weighted by atomic mass is 19.3. The predicted molar refractivity (Wildman–Crippen MR) is 71.7 cm³/mol. The number of hydrogen-bond donors (Lipinski definition) is 2. The number of carbonyl (C=O) groups excluding carboxylic acids is 1. The number of alkyl halides is 2. The van der Waals surface area contributed by atoms with Crippen LogP contribution in [0.5, 0.6) is 0 Å². The summed E-state index contributed by atoms with van der Waals surface area (Å²) in [6.45, 7) is -0.457. The number of amides is 1. The topological polar surface area (TPSA) is 54.0 Å². The van der Waals surface area contributed by atoms with Crippen LogP contribution in [0.2, 0.25) is 0 Å². The van der Waals surface area contributed by atoms with E-state index in [9.17, 15) is 13.6 Å². The van der Waals surface area contributed by atoms with Gasteiger partial charge in [0, 0.05) is 11.8 Å². The lowest BCUT2D eigenvalue weighted by Gasteiger charge is -2.11. The van der Waals surface area contributed by atoms with Crippen molar-refractivity contribution in [1.82, 2.24) is 10.3 Å². The van der Waals surface area contributed by atoms with E-state index in [4.69, 9.17) is 0 Å². The Hall–Kier alpha value is -2.08. The zero-order valence-electron chi connectivity index (χ0n) is 10.6. The maximum absolute atomic E-state index is 13.0. The van der Waals surface area contributed by atoms with Crippen LogP contribution in [0.3, 0.4) is 0 Å². The Morgan fingerprint density at radius 1 is 1.40 bits per heavy atom. The Kier molecular flexibility index (Phi) is 3.10. The smallest absolute Gasteiger partial charge is 0.262 e. The number of nitrogens with one attached hydrogen (secondary N) is 2. The third kappa shape index (κ3) is 2.60. The van der Waals surface area contributed by atoms with Gasteiger partial charge in [-0.25, -0.2) is 8.78 Å². The van der Waals surface area contributed by atoms with Crippen LogP contribution < -0.4 is 10.6 Å². The van der Waals surface area contributed by atoms with Gasteiger partial charge in [-0.1, -0.05) is 18.2 Å². The summed E-state index contributed by atoms with van der Waals surface area (Å²) in [6.07, 6.45) is 1.05. The van der Waals surface area contributed by atoms with E-state index < -0.39 is 30.8 Å². The van der Waals surface area contributed by atoms with E-state index in [-0.39, 0.29) is 0 Å². The van der Waals surface area contributed by atoms with Gasteiger partial charge in [-0.15, -0.1) is 0 Å². The van der Waals surface area contributed by atoms with Gasteiger partial charge in [-0.2, -0.15) is 0 Å². The molecule has 0 radical (unpaired) electrons. The van der Waals surface area contributed by atoms with Gasteiger partial charge < -0.3 is 5.32 Å². The highest BCUT2D eigenvalue weighted by molar-refractivity contribution is 5.96. The molecule has 4 nitrogen and oxygen atoms in total. The van der Waals surface area contributed by atoms with E-state index in [0.29, 0.717) is 5.69 Å². The molecule has 0 saturated carbocycles. The molecule has 1 fully saturated rings. The molecule has 0 bridgehead atoms. The molecule has 3 rings (SSSR count). The number of aromatic nitrogens is 1. The van der Waals surface area contributed by atoms with E-state index in [1.165, 1.54) is 6.20 Å². The maximum atomic E-state index is 13.0. The van der Waals surface area contributed by atoms with Crippen LogP contribution in [-0.4, -0.2) is 29.4 Å². The first-order valence-corrected chi connectivity index (χ1v) is 6.30. The normalized spacial score (nSPS) is 21.0. The minimum atomic E-state index is -2.82. The van der Waals surface area contributed by atoms with Gasteiger partial charge in [0.25, 0.3) is 5.92 Å². The fraction of sp³-hybridized carbons (Fsp3) is 0.286. The number of benzene rings is 1. The average Bonchev–Trinajstić information content (AvgIpc) is 2.79. The second kappa shape index (κ2) is 4.79. The van der Waals surface area contributed by atoms with Gasteiger partial charge in [-0.3, -0.25) is 15.1 Å². The molecule has 2 heterocycles. The zero-order chi connectivity index (χ0) is 14.2. The fourth-order valence-corrected chi connectivity index (χ4v) is 2.27. The number of hydrogen-bond acceptors (Lipinski definition) is 3. The Balaban J connectivity index is 1.74. The lowest BCUT2D eigenvalue weighted by molar-refractivity contribution is -0.118. The van der Waals surface area contributed by atoms with Gasteiger partial charge >= 0.3 is 0 Å². The predicted octanol–water partition coefficient (Wildman–Crippen LogP) is 2.17. The fourth-order valence-electron chi connectivity index (χ4n) is 2.27. The molecule has 2 aromatic rings. The van der Waals surface area contributed by atoms with Crippen LogP contribution in [-0.2, 0) is 4.79 Å². The standard InChI is InChI=1S/C14H13F2N3O/c15-14(16)6-12(18-8-14)13(20)19-10-5-9-3-1-2-4-11(9)17-7-10/h1-5,7,12,18H,6,8H2,(H,19,20). The summed E-state index contributed by atoms with van der Waals surface area (Å²) < 4.78 is 26.1. The van der Waals surface area contributed by atoms with Crippen molar-refractivity contribution in [3.05, 3.63) is 36.5 Å². The summed E-state index contributed by atoms with van der Waals surface area (Å²) in [5.41, 5.74) is 1.32. The number of para-hydroxylation sites is 1. The SMILES string of the molecule is O=C(Nc1cnc2ccccc2c1)C1CC(F)(F)CN1. The van der Waals surface area contributed by atoms with Crippen molar-refractivity contribution < 1.29 is 13.6 Å². The number of rotatable bonds is 2. The molecule has 0 aliphatic carbocycles. The van der Waals surface area contributed by atoms with Crippen molar-refractivity contribution in [3.63, 3.8) is 0 Å². The van der Waals surface area contributed by atoms with E-state index in [1.807, 2.05) is 24.3 Å². The molecule has 20 heavy (non-hydrogen) atoms. The molecule has 1 atom stereocenters. The van der Waals surface area contributed by atoms with Crippen LogP contribution in [0, 0.1) is 0 Å². The summed E-state index contributed by atoms with van der Waals surface area (Å²) in [5.74, 6) is -3.27. The molecule has 0 spiro atoms. The monoisotopic (exact) mass is 277 g/mol. The Bertz CT molecular complexity index is 660. The number of anilines is 1.